The fourth-order valence-corrected chi connectivity index (χ4v) is 3.68. The molecule has 0 unspecified atom stereocenters. The first-order valence-electron chi connectivity index (χ1n) is 11.0. The molecular weight excluding hydrogens is 474 g/mol. The van der Waals surface area contributed by atoms with Gasteiger partial charge in [-0.15, -0.1) is 0 Å². The number of para-hydroxylation sites is 1. The van der Waals surface area contributed by atoms with Crippen molar-refractivity contribution in [3.05, 3.63) is 93.5 Å². The van der Waals surface area contributed by atoms with Crippen molar-refractivity contribution in [2.75, 3.05) is 0 Å². The quantitative estimate of drug-likeness (QED) is 0.219. The highest BCUT2D eigenvalue weighted by molar-refractivity contribution is 9.10. The molecule has 3 rings (SSSR count). The standard InChI is InChI=1S/C28H32BrN3O/c1-27(2,3)23-16-20(17-24(25(23)33)28(4,5)6)26(31-22-10-8-7-9-11-22)32-30-18-19-12-14-21(29)15-13-19/h7-18,33H,1-6H3,(H,31,32). The molecule has 0 saturated heterocycles. The van der Waals surface area contributed by atoms with Crippen LogP contribution in [0.25, 0.3) is 0 Å². The summed E-state index contributed by atoms with van der Waals surface area (Å²) in [7, 11) is 0. The van der Waals surface area contributed by atoms with Crippen molar-refractivity contribution < 1.29 is 5.11 Å². The molecular formula is C28H32BrN3O. The van der Waals surface area contributed by atoms with Gasteiger partial charge in [0.15, 0.2) is 5.84 Å². The van der Waals surface area contributed by atoms with Crippen LogP contribution in [0.4, 0.5) is 5.69 Å². The van der Waals surface area contributed by atoms with Gasteiger partial charge in [0.1, 0.15) is 5.75 Å². The van der Waals surface area contributed by atoms with E-state index in [4.69, 9.17) is 4.99 Å². The normalized spacial score (nSPS) is 12.9. The summed E-state index contributed by atoms with van der Waals surface area (Å²) in [6.07, 6.45) is 1.77. The minimum atomic E-state index is -0.237. The predicted molar refractivity (Wildman–Crippen MR) is 143 cm³/mol. The van der Waals surface area contributed by atoms with Crippen LogP contribution in [0.15, 0.2) is 81.3 Å². The zero-order valence-electron chi connectivity index (χ0n) is 20.1. The van der Waals surface area contributed by atoms with E-state index in [-0.39, 0.29) is 10.8 Å². The van der Waals surface area contributed by atoms with Crippen molar-refractivity contribution in [2.45, 2.75) is 52.4 Å². The average molecular weight is 506 g/mol. The maximum absolute atomic E-state index is 11.1. The number of hydrazone groups is 1. The van der Waals surface area contributed by atoms with Crippen LogP contribution in [0.3, 0.4) is 0 Å². The van der Waals surface area contributed by atoms with Gasteiger partial charge >= 0.3 is 0 Å². The first kappa shape index (κ1) is 24.7. The van der Waals surface area contributed by atoms with Gasteiger partial charge in [0.2, 0.25) is 0 Å². The van der Waals surface area contributed by atoms with Crippen LogP contribution in [0.1, 0.15) is 63.8 Å². The van der Waals surface area contributed by atoms with Gasteiger partial charge in [0, 0.05) is 21.2 Å². The van der Waals surface area contributed by atoms with E-state index in [0.717, 1.165) is 32.4 Å². The summed E-state index contributed by atoms with van der Waals surface area (Å²) in [5.41, 5.74) is 7.10. The van der Waals surface area contributed by atoms with Crippen molar-refractivity contribution in [3.8, 4) is 5.75 Å². The zero-order valence-corrected chi connectivity index (χ0v) is 21.7. The van der Waals surface area contributed by atoms with Gasteiger partial charge in [0.25, 0.3) is 0 Å². The number of nitrogens with zero attached hydrogens (tertiary/aromatic N) is 2. The highest BCUT2D eigenvalue weighted by Gasteiger charge is 2.27. The van der Waals surface area contributed by atoms with E-state index in [0.29, 0.717) is 11.6 Å². The Hall–Kier alpha value is -2.92. The second kappa shape index (κ2) is 9.92. The van der Waals surface area contributed by atoms with Gasteiger partial charge in [-0.05, 0) is 52.8 Å². The number of phenols is 1. The van der Waals surface area contributed by atoms with Crippen LogP contribution >= 0.6 is 15.9 Å². The summed E-state index contributed by atoms with van der Waals surface area (Å²) < 4.78 is 1.02. The van der Waals surface area contributed by atoms with Crippen molar-refractivity contribution in [1.82, 2.24) is 5.43 Å². The second-order valence-electron chi connectivity index (χ2n) is 10.1. The second-order valence-corrected chi connectivity index (χ2v) is 11.1. The molecule has 0 aromatic heterocycles. The molecule has 3 aromatic carbocycles. The molecule has 0 atom stereocenters. The number of hydrogen-bond donors (Lipinski definition) is 2. The number of hydrogen-bond acceptors (Lipinski definition) is 3. The smallest absolute Gasteiger partial charge is 0.154 e. The lowest BCUT2D eigenvalue weighted by Crippen LogP contribution is -2.23. The SMILES string of the molecule is CC(C)(C)c1cc(C(=Nc2ccccc2)NN=Cc2ccc(Br)cc2)cc(C(C)(C)C)c1O. The number of aromatic hydroxyl groups is 1. The third-order valence-corrected chi connectivity index (χ3v) is 5.78. The molecule has 0 aliphatic carbocycles. The van der Waals surface area contributed by atoms with Crippen molar-refractivity contribution >= 4 is 33.7 Å². The highest BCUT2D eigenvalue weighted by atomic mass is 79.9. The molecule has 172 valence electrons. The fourth-order valence-electron chi connectivity index (χ4n) is 3.42. The Morgan fingerprint density at radius 2 is 1.39 bits per heavy atom. The monoisotopic (exact) mass is 505 g/mol. The minimum Gasteiger partial charge on any atom is -0.507 e. The van der Waals surface area contributed by atoms with E-state index >= 15 is 0 Å². The number of phenolic OH excluding ortho intramolecular Hbond substituents is 1. The van der Waals surface area contributed by atoms with E-state index in [1.165, 1.54) is 0 Å². The molecule has 33 heavy (non-hydrogen) atoms. The zero-order chi connectivity index (χ0) is 24.2. The van der Waals surface area contributed by atoms with Gasteiger partial charge in [-0.1, -0.05) is 87.8 Å². The molecule has 2 N–H and O–H groups in total. The molecule has 0 spiro atoms. The lowest BCUT2D eigenvalue weighted by atomic mass is 9.78. The van der Waals surface area contributed by atoms with Crippen LogP contribution < -0.4 is 5.43 Å². The van der Waals surface area contributed by atoms with Crippen LogP contribution in [0.5, 0.6) is 5.75 Å². The number of rotatable bonds is 4. The van der Waals surface area contributed by atoms with E-state index < -0.39 is 0 Å². The third-order valence-electron chi connectivity index (χ3n) is 5.25. The maximum atomic E-state index is 11.1. The first-order valence-corrected chi connectivity index (χ1v) is 11.8. The van der Waals surface area contributed by atoms with Crippen LogP contribution in [-0.2, 0) is 10.8 Å². The summed E-state index contributed by atoms with van der Waals surface area (Å²) in [4.78, 5) is 4.85. The van der Waals surface area contributed by atoms with Crippen LogP contribution in [0, 0.1) is 0 Å². The Morgan fingerprint density at radius 3 is 1.91 bits per heavy atom. The maximum Gasteiger partial charge on any atom is 0.154 e. The van der Waals surface area contributed by atoms with Crippen LogP contribution in [0.2, 0.25) is 0 Å². The first-order chi connectivity index (χ1) is 15.4. The molecule has 0 aliphatic rings. The van der Waals surface area contributed by atoms with Gasteiger partial charge < -0.3 is 5.11 Å². The molecule has 4 nitrogen and oxygen atoms in total. The summed E-state index contributed by atoms with van der Waals surface area (Å²) >= 11 is 3.46. The fraction of sp³-hybridized carbons (Fsp3) is 0.286. The average Bonchev–Trinajstić information content (AvgIpc) is 2.74. The Morgan fingerprint density at radius 1 is 0.848 bits per heavy atom. The number of nitrogens with one attached hydrogen (secondary N) is 1. The molecule has 0 heterocycles. The minimum absolute atomic E-state index is 0.237. The number of halogens is 1. The Kier molecular flexibility index (Phi) is 7.43. The Balaban J connectivity index is 2.11. The largest absolute Gasteiger partial charge is 0.507 e. The van der Waals surface area contributed by atoms with Gasteiger partial charge in [-0.25, -0.2) is 4.99 Å². The van der Waals surface area contributed by atoms with Gasteiger partial charge in [-0.3, -0.25) is 5.43 Å². The van der Waals surface area contributed by atoms with E-state index in [2.05, 4.69) is 68.0 Å². The van der Waals surface area contributed by atoms with Crippen molar-refractivity contribution in [1.29, 1.82) is 0 Å². The molecule has 0 amide bonds. The van der Waals surface area contributed by atoms with E-state index in [1.807, 2.05) is 66.7 Å². The molecule has 0 bridgehead atoms. The predicted octanol–water partition coefficient (Wildman–Crippen LogP) is 7.45. The number of amidine groups is 1. The van der Waals surface area contributed by atoms with E-state index in [1.54, 1.807) is 6.21 Å². The number of benzene rings is 3. The summed E-state index contributed by atoms with van der Waals surface area (Å²) in [6, 6.07) is 21.7. The van der Waals surface area contributed by atoms with Gasteiger partial charge in [-0.2, -0.15) is 5.10 Å². The molecule has 0 radical (unpaired) electrons. The highest BCUT2D eigenvalue weighted by Crippen LogP contribution is 2.40. The molecule has 3 aromatic rings. The summed E-state index contributed by atoms with van der Waals surface area (Å²) in [5.74, 6) is 0.960. The lowest BCUT2D eigenvalue weighted by Gasteiger charge is -2.28. The molecule has 0 saturated carbocycles. The third kappa shape index (κ3) is 6.55. The summed E-state index contributed by atoms with van der Waals surface area (Å²) in [5, 5.41) is 15.6. The molecule has 5 heteroatoms. The number of aliphatic imine (C=N–C) groups is 1. The Labute approximate surface area is 205 Å². The molecule has 0 fully saturated rings. The van der Waals surface area contributed by atoms with Crippen molar-refractivity contribution in [3.63, 3.8) is 0 Å². The lowest BCUT2D eigenvalue weighted by molar-refractivity contribution is 0.423. The van der Waals surface area contributed by atoms with Crippen LogP contribution in [-0.4, -0.2) is 17.2 Å². The Bertz CT molecular complexity index is 1120. The van der Waals surface area contributed by atoms with E-state index in [9.17, 15) is 5.11 Å². The van der Waals surface area contributed by atoms with Gasteiger partial charge in [0.05, 0.1) is 11.9 Å². The summed E-state index contributed by atoms with van der Waals surface area (Å²) in [6.45, 7) is 12.6. The topological polar surface area (TPSA) is 57.0 Å². The molecule has 0 aliphatic heterocycles. The van der Waals surface area contributed by atoms with Crippen molar-refractivity contribution in [2.24, 2.45) is 10.1 Å².